The van der Waals surface area contributed by atoms with Crippen molar-refractivity contribution in [2.24, 2.45) is 5.41 Å². The number of nitrogens with zero attached hydrogens (tertiary/aromatic N) is 4. The van der Waals surface area contributed by atoms with E-state index in [2.05, 4.69) is 16.8 Å². The zero-order chi connectivity index (χ0) is 35.1. The maximum absolute atomic E-state index is 15.1. The predicted molar refractivity (Wildman–Crippen MR) is 177 cm³/mol. The summed E-state index contributed by atoms with van der Waals surface area (Å²) >= 11 is 0. The van der Waals surface area contributed by atoms with Crippen LogP contribution >= 0.6 is 0 Å². The number of rotatable bonds is 13. The summed E-state index contributed by atoms with van der Waals surface area (Å²) in [5.74, 6) is -1.01. The molecule has 3 aliphatic rings. The molecular formula is C37H46F4N4O2. The van der Waals surface area contributed by atoms with Crippen molar-refractivity contribution < 1.29 is 30.1 Å². The number of hydrogen-bond donors (Lipinski definition) is 1. The number of phenolic OH excluding ortho intramolecular Hbond substituents is 1. The van der Waals surface area contributed by atoms with Crippen LogP contribution in [-0.2, 0) is 6.42 Å². The highest BCUT2D eigenvalue weighted by molar-refractivity contribution is 6.00. The van der Waals surface area contributed by atoms with E-state index in [4.69, 9.17) is 12.5 Å². The smallest absolute Gasteiger partial charge is 0.412 e. The molecule has 1 aliphatic carbocycles. The highest BCUT2D eigenvalue weighted by Crippen LogP contribution is 2.47. The molecule has 1 saturated carbocycles. The Kier molecular flexibility index (Phi) is 8.95. The Morgan fingerprint density at radius 1 is 1.11 bits per heavy atom. The molecule has 10 heteroatoms. The lowest BCUT2D eigenvalue weighted by molar-refractivity contribution is -0.132. The lowest BCUT2D eigenvalue weighted by Crippen LogP contribution is -2.51. The molecule has 2 atom stereocenters. The lowest BCUT2D eigenvalue weighted by Gasteiger charge is -2.34. The number of phenols is 1. The molecule has 1 N–H and O–H groups in total. The van der Waals surface area contributed by atoms with Crippen molar-refractivity contribution in [3.8, 4) is 11.8 Å². The normalized spacial score (nSPS) is 20.7. The Balaban J connectivity index is 1.53. The van der Waals surface area contributed by atoms with Crippen LogP contribution in [-0.4, -0.2) is 58.4 Å². The van der Waals surface area contributed by atoms with Crippen LogP contribution in [0.5, 0.6) is 11.8 Å². The second-order valence-corrected chi connectivity index (χ2v) is 13.4. The Bertz CT molecular complexity index is 1810. The van der Waals surface area contributed by atoms with E-state index in [1.807, 2.05) is 6.92 Å². The molecule has 6 nitrogen and oxygen atoms in total. The predicted octanol–water partition coefficient (Wildman–Crippen LogP) is 7.34. The number of ether oxygens (including phenoxy) is 1. The largest absolute Gasteiger partial charge is 0.508 e. The average Bonchev–Trinajstić information content (AvgIpc) is 3.67. The quantitative estimate of drug-likeness (QED) is 0.154. The summed E-state index contributed by atoms with van der Waals surface area (Å²) in [4.78, 5) is 12.5. The van der Waals surface area contributed by atoms with Gasteiger partial charge >= 0.3 is 12.2 Å². The number of unbranched alkanes of at least 4 members (excludes halogenated alkanes) is 2. The van der Waals surface area contributed by atoms with Crippen molar-refractivity contribution in [2.75, 3.05) is 31.1 Å². The van der Waals surface area contributed by atoms with Crippen LogP contribution in [0.4, 0.5) is 23.2 Å². The van der Waals surface area contributed by atoms with Crippen molar-refractivity contribution in [1.29, 1.82) is 0 Å². The van der Waals surface area contributed by atoms with Crippen molar-refractivity contribution in [3.05, 3.63) is 51.9 Å². The van der Waals surface area contributed by atoms with E-state index in [9.17, 15) is 5.11 Å². The Morgan fingerprint density at radius 3 is 2.53 bits per heavy atom. The second-order valence-electron chi connectivity index (χ2n) is 13.4. The molecule has 2 aromatic carbocycles. The molecule has 1 aromatic heterocycles. The fourth-order valence-corrected chi connectivity index (χ4v) is 7.20. The minimum absolute atomic E-state index is 0.00827. The van der Waals surface area contributed by atoms with Crippen LogP contribution in [0.3, 0.4) is 0 Å². The van der Waals surface area contributed by atoms with Crippen molar-refractivity contribution >= 4 is 28.7 Å². The van der Waals surface area contributed by atoms with E-state index < -0.39 is 30.0 Å². The molecule has 0 bridgehead atoms. The van der Waals surface area contributed by atoms with Crippen LogP contribution in [0.2, 0.25) is 0 Å². The van der Waals surface area contributed by atoms with Gasteiger partial charge in [-0.15, -0.1) is 0 Å². The molecule has 2 unspecified atom stereocenters. The number of anilines is 1. The van der Waals surface area contributed by atoms with E-state index in [-0.39, 0.29) is 51.3 Å². The number of likely N-dealkylation sites (tertiary alicyclic amines) is 1. The van der Waals surface area contributed by atoms with Gasteiger partial charge in [0.25, 0.3) is 0 Å². The van der Waals surface area contributed by atoms with Gasteiger partial charge in [-0.25, -0.2) is 4.39 Å². The van der Waals surface area contributed by atoms with Crippen LogP contribution in [0.25, 0.3) is 23.0 Å². The first-order chi connectivity index (χ1) is 23.3. The van der Waals surface area contributed by atoms with E-state index >= 15 is 17.6 Å². The first-order valence-corrected chi connectivity index (χ1v) is 17.1. The standard InChI is InChI=1S/C37H46F4N4O2/c1-4-7-8-11-24(5-2)34-28-20-32(37(39,40)41)45(31-19-26(46)18-25-12-13-29(38)27(6-3)33(25)31)21-30(28)42-35(43-34)47-23-36(14-15-36)22-44-16-9-10-17-44/h12-13,18-21,24,32,46H,4-11,14-17,22-23H2,1-3H3/i23D2. The van der Waals surface area contributed by atoms with Gasteiger partial charge in [-0.1, -0.05) is 46.1 Å². The number of halogens is 4. The Morgan fingerprint density at radius 2 is 1.87 bits per heavy atom. The third-order valence-electron chi connectivity index (χ3n) is 9.94. The maximum atomic E-state index is 15.1. The fraction of sp³-hybridized carbons (Fsp3) is 0.568. The molecule has 254 valence electrons. The molecular weight excluding hydrogens is 608 g/mol. The number of aryl methyl sites for hydroxylation is 1. The minimum atomic E-state index is -4.76. The van der Waals surface area contributed by atoms with Crippen molar-refractivity contribution in [2.45, 2.75) is 103 Å². The Hall–Kier alpha value is -3.40. The number of alkyl halides is 3. The number of aromatic hydroxyl groups is 1. The third-order valence-corrected chi connectivity index (χ3v) is 9.94. The molecule has 3 aromatic rings. The highest BCUT2D eigenvalue weighted by Gasteiger charge is 2.46. The molecule has 3 heterocycles. The van der Waals surface area contributed by atoms with Gasteiger partial charge in [0, 0.05) is 40.7 Å². The molecule has 1 saturated heterocycles. The average molecular weight is 657 g/mol. The van der Waals surface area contributed by atoms with Gasteiger partial charge in [-0.05, 0) is 87.2 Å². The maximum Gasteiger partial charge on any atom is 0.412 e. The number of hydrogen-bond acceptors (Lipinski definition) is 6. The minimum Gasteiger partial charge on any atom is -0.508 e. The SMILES string of the molecule is [2H]C([2H])(Oc1nc(C(CC)CCCCC)c2c(n1)=CN(c1cc(O)cc3ccc(F)c(CC)c13)C(C(F)(F)F)C=2)C1(CN2CCCC2)CC1. The van der Waals surface area contributed by atoms with Crippen LogP contribution in [0, 0.1) is 11.2 Å². The van der Waals surface area contributed by atoms with Crippen LogP contribution in [0.1, 0.15) is 98.5 Å². The molecule has 6 rings (SSSR count). The fourth-order valence-electron chi connectivity index (χ4n) is 7.20. The summed E-state index contributed by atoms with van der Waals surface area (Å²) in [6.07, 6.45) is 5.45. The zero-order valence-corrected chi connectivity index (χ0v) is 27.5. The van der Waals surface area contributed by atoms with E-state index in [0.29, 0.717) is 43.3 Å². The summed E-state index contributed by atoms with van der Waals surface area (Å²) in [5, 5.41) is 11.7. The number of aromatic nitrogens is 2. The first-order valence-electron chi connectivity index (χ1n) is 18.1. The van der Waals surface area contributed by atoms with Gasteiger partial charge in [0.15, 0.2) is 0 Å². The second kappa shape index (κ2) is 13.6. The van der Waals surface area contributed by atoms with Gasteiger partial charge < -0.3 is 19.6 Å². The van der Waals surface area contributed by atoms with E-state index in [1.165, 1.54) is 30.5 Å². The summed E-state index contributed by atoms with van der Waals surface area (Å²) in [5.41, 5.74) is -0.0779. The summed E-state index contributed by atoms with van der Waals surface area (Å²) in [6.45, 7) is 6.08. The third kappa shape index (κ3) is 7.08. The summed E-state index contributed by atoms with van der Waals surface area (Å²) < 4.78 is 84.4. The molecule has 0 spiro atoms. The molecule has 2 fully saturated rings. The van der Waals surface area contributed by atoms with Gasteiger partial charge in [0.05, 0.1) is 26.0 Å². The van der Waals surface area contributed by atoms with Gasteiger partial charge in [-0.2, -0.15) is 23.1 Å². The highest BCUT2D eigenvalue weighted by atomic mass is 19.4. The van der Waals surface area contributed by atoms with Crippen molar-refractivity contribution in [1.82, 2.24) is 14.9 Å². The van der Waals surface area contributed by atoms with Crippen LogP contribution < -0.4 is 20.2 Å². The van der Waals surface area contributed by atoms with Crippen molar-refractivity contribution in [3.63, 3.8) is 0 Å². The topological polar surface area (TPSA) is 61.7 Å². The first kappa shape index (κ1) is 30.9. The summed E-state index contributed by atoms with van der Waals surface area (Å²) in [6, 6.07) is 2.96. The monoisotopic (exact) mass is 656 g/mol. The molecule has 47 heavy (non-hydrogen) atoms. The van der Waals surface area contributed by atoms with E-state index in [0.717, 1.165) is 56.2 Å². The number of benzene rings is 2. The van der Waals surface area contributed by atoms with E-state index in [1.54, 1.807) is 6.92 Å². The van der Waals surface area contributed by atoms with Gasteiger partial charge in [0.2, 0.25) is 0 Å². The van der Waals surface area contributed by atoms with Crippen LogP contribution in [0.15, 0.2) is 24.3 Å². The number of fused-ring (bicyclic) bond motifs is 2. The lowest BCUT2D eigenvalue weighted by atomic mass is 9.92. The molecule has 0 radical (unpaired) electrons. The zero-order valence-electron chi connectivity index (χ0n) is 29.5. The molecule has 2 aliphatic heterocycles. The van der Waals surface area contributed by atoms with Gasteiger partial charge in [-0.3, -0.25) is 0 Å². The van der Waals surface area contributed by atoms with Gasteiger partial charge in [0.1, 0.15) is 17.6 Å². The molecule has 0 amide bonds. The summed E-state index contributed by atoms with van der Waals surface area (Å²) in [7, 11) is 0. The Labute approximate surface area is 277 Å².